The van der Waals surface area contributed by atoms with Crippen molar-refractivity contribution in [3.63, 3.8) is 0 Å². The average Bonchev–Trinajstić information content (AvgIpc) is 2.75. The molecule has 0 aliphatic rings. The number of amides is 1. The molecule has 0 aromatic heterocycles. The number of non-ortho nitro benzene ring substituents is 1. The van der Waals surface area contributed by atoms with Gasteiger partial charge in [-0.2, -0.15) is 8.42 Å². The van der Waals surface area contributed by atoms with E-state index < -0.39 is 20.9 Å². The molecule has 3 rings (SSSR count). The molecule has 3 aromatic carbocycles. The number of hydrogen-bond donors (Lipinski definition) is 1. The Morgan fingerprint density at radius 3 is 2.31 bits per heavy atom. The van der Waals surface area contributed by atoms with Gasteiger partial charge in [-0.3, -0.25) is 14.9 Å². The van der Waals surface area contributed by atoms with Crippen molar-refractivity contribution in [3.05, 3.63) is 87.5 Å². The third-order valence-electron chi connectivity index (χ3n) is 4.58. The normalized spacial score (nSPS) is 11.0. The molecule has 0 spiro atoms. The van der Waals surface area contributed by atoms with Gasteiger partial charge in [0.2, 0.25) is 0 Å². The quantitative estimate of drug-likeness (QED) is 0.320. The minimum Gasteiger partial charge on any atom is -0.495 e. The smallest absolute Gasteiger partial charge is 0.339 e. The molecule has 0 bridgehead atoms. The second-order valence-electron chi connectivity index (χ2n) is 6.93. The van der Waals surface area contributed by atoms with Gasteiger partial charge in [0, 0.05) is 17.7 Å². The second-order valence-corrected chi connectivity index (χ2v) is 8.44. The van der Waals surface area contributed by atoms with Crippen molar-refractivity contribution in [2.24, 2.45) is 0 Å². The summed E-state index contributed by atoms with van der Waals surface area (Å²) in [6.45, 7) is 3.45. The Kier molecular flexibility index (Phi) is 6.45. The first-order valence-electron chi connectivity index (χ1n) is 9.36. The van der Waals surface area contributed by atoms with E-state index in [1.165, 1.54) is 55.6 Å². The van der Waals surface area contributed by atoms with E-state index in [2.05, 4.69) is 5.32 Å². The van der Waals surface area contributed by atoms with Crippen molar-refractivity contribution in [1.82, 2.24) is 0 Å². The van der Waals surface area contributed by atoms with Gasteiger partial charge in [-0.05, 0) is 61.4 Å². The fourth-order valence-corrected chi connectivity index (χ4v) is 4.16. The fourth-order valence-electron chi connectivity index (χ4n) is 2.91. The monoisotopic (exact) mass is 456 g/mol. The number of nitrogens with zero attached hydrogens (tertiary/aromatic N) is 1. The number of nitrogens with one attached hydrogen (secondary N) is 1. The first-order valence-corrected chi connectivity index (χ1v) is 10.8. The van der Waals surface area contributed by atoms with Crippen LogP contribution in [0.15, 0.2) is 65.6 Å². The van der Waals surface area contributed by atoms with Crippen LogP contribution < -0.4 is 14.2 Å². The zero-order chi connectivity index (χ0) is 23.5. The number of ether oxygens (including phenoxy) is 1. The maximum Gasteiger partial charge on any atom is 0.339 e. The number of rotatable bonds is 7. The van der Waals surface area contributed by atoms with Gasteiger partial charge >= 0.3 is 10.1 Å². The molecule has 166 valence electrons. The maximum absolute atomic E-state index is 12.6. The molecule has 0 fully saturated rings. The summed E-state index contributed by atoms with van der Waals surface area (Å²) in [5, 5.41) is 13.5. The zero-order valence-electron chi connectivity index (χ0n) is 17.5. The van der Waals surface area contributed by atoms with Crippen LogP contribution in [0.1, 0.15) is 21.5 Å². The van der Waals surface area contributed by atoms with Gasteiger partial charge in [-0.15, -0.1) is 0 Å². The van der Waals surface area contributed by atoms with E-state index in [9.17, 15) is 23.3 Å². The summed E-state index contributed by atoms with van der Waals surface area (Å²) in [6.07, 6.45) is 0. The summed E-state index contributed by atoms with van der Waals surface area (Å²) < 4.78 is 35.6. The Hall–Kier alpha value is -3.92. The lowest BCUT2D eigenvalue weighted by Crippen LogP contribution is -2.14. The van der Waals surface area contributed by atoms with Crippen LogP contribution in [0.5, 0.6) is 11.5 Å². The molecule has 9 nitrogen and oxygen atoms in total. The van der Waals surface area contributed by atoms with Crippen molar-refractivity contribution in [3.8, 4) is 11.5 Å². The molecule has 0 radical (unpaired) electrons. The van der Waals surface area contributed by atoms with Crippen LogP contribution in [0, 0.1) is 24.0 Å². The summed E-state index contributed by atoms with van der Waals surface area (Å²) in [6, 6.07) is 14.3. The lowest BCUT2D eigenvalue weighted by molar-refractivity contribution is -0.384. The standard InChI is InChI=1S/C22H20N2O7S/c1-14-4-5-15(2)21(12-14)32(28,29)31-18-9-6-16(7-10-18)22(25)23-19-13-17(24(26)27)8-11-20(19)30-3/h4-13H,1-3H3,(H,23,25). The number of methoxy groups -OCH3 is 1. The number of nitro benzene ring substituents is 1. The van der Waals surface area contributed by atoms with Crippen LogP contribution >= 0.6 is 0 Å². The fraction of sp³-hybridized carbons (Fsp3) is 0.136. The summed E-state index contributed by atoms with van der Waals surface area (Å²) in [4.78, 5) is 23.0. The van der Waals surface area contributed by atoms with Crippen molar-refractivity contribution in [1.29, 1.82) is 0 Å². The molecule has 1 amide bonds. The third kappa shape index (κ3) is 5.03. The SMILES string of the molecule is COc1ccc([N+](=O)[O-])cc1NC(=O)c1ccc(OS(=O)(=O)c2cc(C)ccc2C)cc1. The number of anilines is 1. The highest BCUT2D eigenvalue weighted by Crippen LogP contribution is 2.29. The second kappa shape index (κ2) is 9.06. The predicted octanol–water partition coefficient (Wildman–Crippen LogP) is 4.24. The van der Waals surface area contributed by atoms with Crippen LogP contribution in [0.4, 0.5) is 11.4 Å². The van der Waals surface area contributed by atoms with E-state index in [4.69, 9.17) is 8.92 Å². The molecular weight excluding hydrogens is 436 g/mol. The van der Waals surface area contributed by atoms with E-state index in [0.717, 1.165) is 5.56 Å². The van der Waals surface area contributed by atoms with E-state index in [1.54, 1.807) is 26.0 Å². The van der Waals surface area contributed by atoms with Crippen molar-refractivity contribution in [2.45, 2.75) is 18.7 Å². The highest BCUT2D eigenvalue weighted by atomic mass is 32.2. The molecule has 0 atom stereocenters. The van der Waals surface area contributed by atoms with Crippen LogP contribution in [-0.4, -0.2) is 26.4 Å². The van der Waals surface area contributed by atoms with Crippen LogP contribution in [0.3, 0.4) is 0 Å². The maximum atomic E-state index is 12.6. The van der Waals surface area contributed by atoms with Gasteiger partial charge in [0.05, 0.1) is 17.7 Å². The number of nitro groups is 1. The number of carbonyl (C=O) groups excluding carboxylic acids is 1. The molecule has 0 unspecified atom stereocenters. The molecule has 0 saturated heterocycles. The van der Waals surface area contributed by atoms with Crippen LogP contribution in [0.25, 0.3) is 0 Å². The molecule has 0 aliphatic heterocycles. The van der Waals surface area contributed by atoms with Crippen LogP contribution in [-0.2, 0) is 10.1 Å². The lowest BCUT2D eigenvalue weighted by Gasteiger charge is -2.12. The number of hydrogen-bond acceptors (Lipinski definition) is 7. The molecule has 3 aromatic rings. The van der Waals surface area contributed by atoms with Crippen molar-refractivity contribution < 1.29 is 27.1 Å². The zero-order valence-corrected chi connectivity index (χ0v) is 18.3. The third-order valence-corrected chi connectivity index (χ3v) is 5.97. The highest BCUT2D eigenvalue weighted by Gasteiger charge is 2.20. The molecule has 1 N–H and O–H groups in total. The minimum atomic E-state index is -4.05. The van der Waals surface area contributed by atoms with E-state index in [0.29, 0.717) is 5.56 Å². The Bertz CT molecular complexity index is 1290. The first-order chi connectivity index (χ1) is 15.1. The summed E-state index contributed by atoms with van der Waals surface area (Å²) in [5.74, 6) is -0.272. The van der Waals surface area contributed by atoms with Gasteiger partial charge in [0.15, 0.2) is 0 Å². The van der Waals surface area contributed by atoms with Gasteiger partial charge in [0.25, 0.3) is 11.6 Å². The Balaban J connectivity index is 1.79. The van der Waals surface area contributed by atoms with E-state index in [-0.39, 0.29) is 33.3 Å². The van der Waals surface area contributed by atoms with Gasteiger partial charge in [-0.25, -0.2) is 0 Å². The van der Waals surface area contributed by atoms with Crippen molar-refractivity contribution in [2.75, 3.05) is 12.4 Å². The van der Waals surface area contributed by atoms with Crippen molar-refractivity contribution >= 4 is 27.4 Å². The molecular formula is C22H20N2O7S. The topological polar surface area (TPSA) is 125 Å². The Morgan fingerprint density at radius 2 is 1.69 bits per heavy atom. The van der Waals surface area contributed by atoms with Gasteiger partial charge in [-0.1, -0.05) is 12.1 Å². The first kappa shape index (κ1) is 22.8. The molecule has 0 saturated carbocycles. The number of carbonyl (C=O) groups is 1. The molecule has 0 aliphatic carbocycles. The Morgan fingerprint density at radius 1 is 1.00 bits per heavy atom. The predicted molar refractivity (Wildman–Crippen MR) is 118 cm³/mol. The average molecular weight is 456 g/mol. The molecule has 10 heteroatoms. The Labute approximate surface area is 184 Å². The summed E-state index contributed by atoms with van der Waals surface area (Å²) >= 11 is 0. The van der Waals surface area contributed by atoms with Gasteiger partial charge in [0.1, 0.15) is 16.4 Å². The minimum absolute atomic E-state index is 0.0374. The largest absolute Gasteiger partial charge is 0.495 e. The summed E-state index contributed by atoms with van der Waals surface area (Å²) in [5.41, 5.74) is 1.44. The lowest BCUT2D eigenvalue weighted by atomic mass is 10.2. The van der Waals surface area contributed by atoms with Crippen LogP contribution in [0.2, 0.25) is 0 Å². The number of aryl methyl sites for hydroxylation is 2. The molecule has 32 heavy (non-hydrogen) atoms. The van der Waals surface area contributed by atoms with E-state index >= 15 is 0 Å². The molecule has 0 heterocycles. The van der Waals surface area contributed by atoms with E-state index in [1.807, 2.05) is 0 Å². The number of benzene rings is 3. The highest BCUT2D eigenvalue weighted by molar-refractivity contribution is 7.87. The summed E-state index contributed by atoms with van der Waals surface area (Å²) in [7, 11) is -2.68. The van der Waals surface area contributed by atoms with Gasteiger partial charge < -0.3 is 14.2 Å².